The molecule has 2 aromatic carbocycles. The summed E-state index contributed by atoms with van der Waals surface area (Å²) in [7, 11) is 4.30. The number of ether oxygens (including phenoxy) is 4. The van der Waals surface area contributed by atoms with Gasteiger partial charge in [-0.2, -0.15) is 0 Å². The van der Waals surface area contributed by atoms with Crippen molar-refractivity contribution in [1.29, 1.82) is 0 Å². The molecule has 0 radical (unpaired) electrons. The van der Waals surface area contributed by atoms with Gasteiger partial charge in [-0.25, -0.2) is 4.79 Å². The molecule has 138 valence electrons. The number of rotatable bonds is 7. The SMILES string of the molecule is COc1ccc(C(=O)OCC(=O)Nc2cccc(Br)c2)c(OC)c1OC. The predicted octanol–water partition coefficient (Wildman–Crippen LogP) is 3.27. The molecule has 0 aliphatic heterocycles. The maximum atomic E-state index is 12.3. The lowest BCUT2D eigenvalue weighted by molar-refractivity contribution is -0.119. The number of halogens is 1. The van der Waals surface area contributed by atoms with Crippen molar-refractivity contribution in [2.75, 3.05) is 33.3 Å². The van der Waals surface area contributed by atoms with Gasteiger partial charge in [-0.05, 0) is 30.3 Å². The molecule has 2 rings (SSSR count). The van der Waals surface area contributed by atoms with Crippen LogP contribution in [0.25, 0.3) is 0 Å². The van der Waals surface area contributed by atoms with Gasteiger partial charge in [-0.15, -0.1) is 0 Å². The Morgan fingerprint density at radius 3 is 2.35 bits per heavy atom. The third kappa shape index (κ3) is 4.66. The second-order valence-corrected chi connectivity index (χ2v) is 5.93. The number of anilines is 1. The van der Waals surface area contributed by atoms with Crippen LogP contribution in [-0.4, -0.2) is 39.8 Å². The summed E-state index contributed by atoms with van der Waals surface area (Å²) in [6.07, 6.45) is 0. The molecule has 0 atom stereocenters. The van der Waals surface area contributed by atoms with Crippen LogP contribution < -0.4 is 19.5 Å². The Kier molecular flexibility index (Phi) is 6.85. The summed E-state index contributed by atoms with van der Waals surface area (Å²) in [5.74, 6) is -0.330. The zero-order valence-corrected chi connectivity index (χ0v) is 16.1. The molecule has 0 fully saturated rings. The van der Waals surface area contributed by atoms with Gasteiger partial charge in [0.25, 0.3) is 5.91 Å². The van der Waals surface area contributed by atoms with Crippen LogP contribution in [0.15, 0.2) is 40.9 Å². The molecule has 1 N–H and O–H groups in total. The molecule has 0 saturated carbocycles. The second kappa shape index (κ2) is 9.10. The molecule has 26 heavy (non-hydrogen) atoms. The van der Waals surface area contributed by atoms with Gasteiger partial charge in [0.05, 0.1) is 21.3 Å². The molecule has 0 aromatic heterocycles. The molecule has 8 heteroatoms. The fraction of sp³-hybridized carbons (Fsp3) is 0.222. The number of nitrogens with one attached hydrogen (secondary N) is 1. The van der Waals surface area contributed by atoms with E-state index in [1.54, 1.807) is 24.3 Å². The third-order valence-electron chi connectivity index (χ3n) is 3.37. The van der Waals surface area contributed by atoms with E-state index in [-0.39, 0.29) is 17.1 Å². The van der Waals surface area contributed by atoms with E-state index in [4.69, 9.17) is 18.9 Å². The average Bonchev–Trinajstić information content (AvgIpc) is 2.64. The van der Waals surface area contributed by atoms with Gasteiger partial charge in [0.15, 0.2) is 18.1 Å². The summed E-state index contributed by atoms with van der Waals surface area (Å²) in [6.45, 7) is -0.442. The quantitative estimate of drug-likeness (QED) is 0.688. The minimum absolute atomic E-state index is 0.125. The molecule has 0 bridgehead atoms. The first-order chi connectivity index (χ1) is 12.5. The van der Waals surface area contributed by atoms with Gasteiger partial charge in [-0.3, -0.25) is 4.79 Å². The Morgan fingerprint density at radius 2 is 1.73 bits per heavy atom. The van der Waals surface area contributed by atoms with E-state index in [0.717, 1.165) is 4.47 Å². The second-order valence-electron chi connectivity index (χ2n) is 5.02. The topological polar surface area (TPSA) is 83.1 Å². The fourth-order valence-electron chi connectivity index (χ4n) is 2.23. The van der Waals surface area contributed by atoms with Crippen molar-refractivity contribution < 1.29 is 28.5 Å². The van der Waals surface area contributed by atoms with E-state index in [9.17, 15) is 9.59 Å². The Balaban J connectivity index is 2.06. The van der Waals surface area contributed by atoms with Crippen LogP contribution in [0, 0.1) is 0 Å². The van der Waals surface area contributed by atoms with E-state index in [1.165, 1.54) is 27.4 Å². The normalized spacial score (nSPS) is 10.0. The average molecular weight is 424 g/mol. The highest BCUT2D eigenvalue weighted by molar-refractivity contribution is 9.10. The Hall–Kier alpha value is -2.74. The Morgan fingerprint density at radius 1 is 1.00 bits per heavy atom. The minimum atomic E-state index is -0.716. The first-order valence-electron chi connectivity index (χ1n) is 7.51. The minimum Gasteiger partial charge on any atom is -0.493 e. The van der Waals surface area contributed by atoms with E-state index in [0.29, 0.717) is 11.4 Å². The first-order valence-corrected chi connectivity index (χ1v) is 8.31. The molecule has 0 unspecified atom stereocenters. The third-order valence-corrected chi connectivity index (χ3v) is 3.86. The monoisotopic (exact) mass is 423 g/mol. The Bertz CT molecular complexity index is 808. The summed E-state index contributed by atoms with van der Waals surface area (Å²) in [6, 6.07) is 10.1. The van der Waals surface area contributed by atoms with E-state index in [2.05, 4.69) is 21.2 Å². The molecule has 2 aromatic rings. The van der Waals surface area contributed by atoms with E-state index < -0.39 is 18.5 Å². The lowest BCUT2D eigenvalue weighted by Crippen LogP contribution is -2.21. The summed E-state index contributed by atoms with van der Waals surface area (Å²) in [5.41, 5.74) is 0.713. The van der Waals surface area contributed by atoms with Crippen LogP contribution in [0.1, 0.15) is 10.4 Å². The van der Waals surface area contributed by atoms with Crippen molar-refractivity contribution in [2.24, 2.45) is 0 Å². The van der Waals surface area contributed by atoms with Crippen molar-refractivity contribution in [3.63, 3.8) is 0 Å². The van der Waals surface area contributed by atoms with Gasteiger partial charge in [0.1, 0.15) is 5.56 Å². The van der Waals surface area contributed by atoms with Crippen molar-refractivity contribution in [2.45, 2.75) is 0 Å². The summed E-state index contributed by atoms with van der Waals surface area (Å²) < 4.78 is 21.5. The molecule has 0 spiro atoms. The summed E-state index contributed by atoms with van der Waals surface area (Å²) >= 11 is 3.31. The number of methoxy groups -OCH3 is 3. The predicted molar refractivity (Wildman–Crippen MR) is 99.2 cm³/mol. The lowest BCUT2D eigenvalue weighted by atomic mass is 10.1. The van der Waals surface area contributed by atoms with Gasteiger partial charge < -0.3 is 24.3 Å². The molecule has 0 saturated heterocycles. The fourth-order valence-corrected chi connectivity index (χ4v) is 2.63. The van der Waals surface area contributed by atoms with Crippen LogP contribution in [0.2, 0.25) is 0 Å². The smallest absolute Gasteiger partial charge is 0.342 e. The van der Waals surface area contributed by atoms with E-state index >= 15 is 0 Å². The highest BCUT2D eigenvalue weighted by atomic mass is 79.9. The number of hydrogen-bond donors (Lipinski definition) is 1. The van der Waals surface area contributed by atoms with Crippen molar-refractivity contribution in [3.05, 3.63) is 46.4 Å². The summed E-state index contributed by atoms with van der Waals surface area (Å²) in [4.78, 5) is 24.3. The zero-order chi connectivity index (χ0) is 19.1. The molecule has 0 heterocycles. The molecule has 7 nitrogen and oxygen atoms in total. The van der Waals surface area contributed by atoms with Crippen molar-refractivity contribution >= 4 is 33.5 Å². The number of esters is 1. The van der Waals surface area contributed by atoms with Crippen molar-refractivity contribution in [3.8, 4) is 17.2 Å². The summed E-state index contributed by atoms with van der Waals surface area (Å²) in [5, 5.41) is 2.64. The van der Waals surface area contributed by atoms with Gasteiger partial charge in [-0.1, -0.05) is 22.0 Å². The van der Waals surface area contributed by atoms with E-state index in [1.807, 2.05) is 6.07 Å². The number of amides is 1. The van der Waals surface area contributed by atoms with Crippen molar-refractivity contribution in [1.82, 2.24) is 0 Å². The highest BCUT2D eigenvalue weighted by Gasteiger charge is 2.22. The van der Waals surface area contributed by atoms with Crippen LogP contribution in [0.5, 0.6) is 17.2 Å². The molecule has 0 aliphatic rings. The van der Waals surface area contributed by atoms with Crippen LogP contribution in [0.4, 0.5) is 5.69 Å². The number of benzene rings is 2. The molecular formula is C18H18BrNO6. The largest absolute Gasteiger partial charge is 0.493 e. The molecular weight excluding hydrogens is 406 g/mol. The lowest BCUT2D eigenvalue weighted by Gasteiger charge is -2.15. The van der Waals surface area contributed by atoms with Crippen LogP contribution >= 0.6 is 15.9 Å². The van der Waals surface area contributed by atoms with Gasteiger partial charge in [0.2, 0.25) is 5.75 Å². The first kappa shape index (κ1) is 19.6. The zero-order valence-electron chi connectivity index (χ0n) is 14.5. The highest BCUT2D eigenvalue weighted by Crippen LogP contribution is 2.39. The van der Waals surface area contributed by atoms with Gasteiger partial charge >= 0.3 is 5.97 Å². The van der Waals surface area contributed by atoms with Crippen LogP contribution in [-0.2, 0) is 9.53 Å². The maximum absolute atomic E-state index is 12.3. The molecule has 1 amide bonds. The standard InChI is InChI=1S/C18H18BrNO6/c1-23-14-8-7-13(16(24-2)17(14)25-3)18(22)26-10-15(21)20-12-6-4-5-11(19)9-12/h4-9H,10H2,1-3H3,(H,20,21). The van der Waals surface area contributed by atoms with Gasteiger partial charge in [0, 0.05) is 10.2 Å². The molecule has 0 aliphatic carbocycles. The van der Waals surface area contributed by atoms with Crippen LogP contribution in [0.3, 0.4) is 0 Å². The maximum Gasteiger partial charge on any atom is 0.342 e. The Labute approximate surface area is 159 Å². The number of carbonyl (C=O) groups is 2. The number of hydrogen-bond acceptors (Lipinski definition) is 6. The number of carbonyl (C=O) groups excluding carboxylic acids is 2.